The summed E-state index contributed by atoms with van der Waals surface area (Å²) in [5, 5.41) is 10.3. The van der Waals surface area contributed by atoms with Crippen LogP contribution < -0.4 is 9.47 Å². The molecular weight excluding hydrogens is 398 g/mol. The van der Waals surface area contributed by atoms with Gasteiger partial charge >= 0.3 is 0 Å². The van der Waals surface area contributed by atoms with E-state index in [1.807, 2.05) is 42.2 Å². The van der Waals surface area contributed by atoms with Gasteiger partial charge in [-0.05, 0) is 36.9 Å². The smallest absolute Gasteiger partial charge is 0.161 e. The maximum Gasteiger partial charge on any atom is 0.161 e. The summed E-state index contributed by atoms with van der Waals surface area (Å²) in [4.78, 5) is 8.95. The van der Waals surface area contributed by atoms with Gasteiger partial charge in [0.15, 0.2) is 11.5 Å². The fourth-order valence-electron chi connectivity index (χ4n) is 3.49. The van der Waals surface area contributed by atoms with Gasteiger partial charge in [-0.25, -0.2) is 0 Å². The number of aliphatic hydroxyl groups is 1. The Hall–Kier alpha value is -1.80. The SMILES string of the molecule is COc1cc(CN(C)CCc2ccccn2)ccc1OCC(O)CN1CCSCC1. The fraction of sp³-hybridized carbons (Fsp3) is 0.522. The summed E-state index contributed by atoms with van der Waals surface area (Å²) in [7, 11) is 3.76. The number of likely N-dealkylation sites (N-methyl/N-ethyl adjacent to an activating group) is 1. The zero-order valence-corrected chi connectivity index (χ0v) is 18.8. The Morgan fingerprint density at radius 2 is 2.03 bits per heavy atom. The molecule has 0 spiro atoms. The van der Waals surface area contributed by atoms with Gasteiger partial charge in [-0.3, -0.25) is 9.88 Å². The molecular formula is C23H33N3O3S. The number of rotatable bonds is 11. The first kappa shape index (κ1) is 22.9. The van der Waals surface area contributed by atoms with Crippen LogP contribution in [0, 0.1) is 0 Å². The second-order valence-corrected chi connectivity index (χ2v) is 8.90. The zero-order valence-electron chi connectivity index (χ0n) is 18.0. The van der Waals surface area contributed by atoms with Crippen molar-refractivity contribution in [3.63, 3.8) is 0 Å². The van der Waals surface area contributed by atoms with E-state index in [0.717, 1.165) is 55.4 Å². The van der Waals surface area contributed by atoms with Crippen LogP contribution in [0.1, 0.15) is 11.3 Å². The van der Waals surface area contributed by atoms with Gasteiger partial charge in [0.2, 0.25) is 0 Å². The maximum atomic E-state index is 10.3. The molecule has 1 atom stereocenters. The molecule has 2 aromatic rings. The van der Waals surface area contributed by atoms with Crippen LogP contribution in [0.2, 0.25) is 0 Å². The summed E-state index contributed by atoms with van der Waals surface area (Å²) < 4.78 is 11.4. The molecule has 1 unspecified atom stereocenters. The molecule has 7 heteroatoms. The lowest BCUT2D eigenvalue weighted by Crippen LogP contribution is -2.40. The van der Waals surface area contributed by atoms with Crippen LogP contribution in [0.5, 0.6) is 11.5 Å². The lowest BCUT2D eigenvalue weighted by Gasteiger charge is -2.28. The Bertz CT molecular complexity index is 757. The largest absolute Gasteiger partial charge is 0.493 e. The number of ether oxygens (including phenoxy) is 2. The number of benzene rings is 1. The number of β-amino-alcohol motifs (C(OH)–C–C–N with tert-alkyl or cyclic N) is 1. The van der Waals surface area contributed by atoms with Crippen LogP contribution in [0.4, 0.5) is 0 Å². The van der Waals surface area contributed by atoms with Gasteiger partial charge < -0.3 is 19.5 Å². The second-order valence-electron chi connectivity index (χ2n) is 7.67. The zero-order chi connectivity index (χ0) is 21.2. The van der Waals surface area contributed by atoms with Crippen molar-refractivity contribution in [2.45, 2.75) is 19.1 Å². The lowest BCUT2D eigenvalue weighted by molar-refractivity contribution is 0.0705. The first-order chi connectivity index (χ1) is 14.6. The van der Waals surface area contributed by atoms with Crippen LogP contribution in [0.3, 0.4) is 0 Å². The predicted molar refractivity (Wildman–Crippen MR) is 123 cm³/mol. The Kier molecular flexibility index (Phi) is 9.27. The number of pyridine rings is 1. The summed E-state index contributed by atoms with van der Waals surface area (Å²) >= 11 is 1.97. The number of thioether (sulfide) groups is 1. The van der Waals surface area contributed by atoms with E-state index < -0.39 is 6.10 Å². The first-order valence-electron chi connectivity index (χ1n) is 10.5. The Balaban J connectivity index is 1.47. The van der Waals surface area contributed by atoms with E-state index in [9.17, 15) is 5.11 Å². The lowest BCUT2D eigenvalue weighted by atomic mass is 10.2. The normalized spacial score (nSPS) is 15.9. The van der Waals surface area contributed by atoms with E-state index in [1.165, 1.54) is 0 Å². The minimum absolute atomic E-state index is 0.267. The third kappa shape index (κ3) is 7.47. The van der Waals surface area contributed by atoms with Crippen LogP contribution in [0.25, 0.3) is 0 Å². The van der Waals surface area contributed by atoms with Gasteiger partial charge in [-0.1, -0.05) is 12.1 Å². The number of aromatic nitrogens is 1. The standard InChI is InChI=1S/C23H33N3O3S/c1-25(10-8-20-5-3-4-9-24-20)16-19-6-7-22(23(15-19)28-2)29-18-21(27)17-26-11-13-30-14-12-26/h3-7,9,15,21,27H,8,10-14,16-18H2,1-2H3. The highest BCUT2D eigenvalue weighted by atomic mass is 32.2. The highest BCUT2D eigenvalue weighted by molar-refractivity contribution is 7.99. The topological polar surface area (TPSA) is 58.1 Å². The molecule has 2 heterocycles. The van der Waals surface area contributed by atoms with E-state index in [2.05, 4.69) is 34.0 Å². The average Bonchev–Trinajstić information content (AvgIpc) is 2.78. The maximum absolute atomic E-state index is 10.3. The van der Waals surface area contributed by atoms with E-state index in [-0.39, 0.29) is 6.61 Å². The highest BCUT2D eigenvalue weighted by Crippen LogP contribution is 2.28. The van der Waals surface area contributed by atoms with Gasteiger partial charge in [0.1, 0.15) is 12.7 Å². The molecule has 6 nitrogen and oxygen atoms in total. The molecule has 1 aromatic heterocycles. The quantitative estimate of drug-likeness (QED) is 0.587. The average molecular weight is 432 g/mol. The monoisotopic (exact) mass is 431 g/mol. The third-order valence-corrected chi connectivity index (χ3v) is 6.10. The molecule has 1 fully saturated rings. The minimum Gasteiger partial charge on any atom is -0.493 e. The van der Waals surface area contributed by atoms with Crippen molar-refractivity contribution in [3.05, 3.63) is 53.9 Å². The summed E-state index contributed by atoms with van der Waals surface area (Å²) in [5.41, 5.74) is 2.27. The summed E-state index contributed by atoms with van der Waals surface area (Å²) in [5.74, 6) is 3.65. The second kappa shape index (κ2) is 12.2. The molecule has 0 saturated carbocycles. The van der Waals surface area contributed by atoms with Gasteiger partial charge in [-0.15, -0.1) is 0 Å². The fourth-order valence-corrected chi connectivity index (χ4v) is 4.47. The molecule has 164 valence electrons. The number of aliphatic hydroxyl groups excluding tert-OH is 1. The van der Waals surface area contributed by atoms with Gasteiger partial charge in [-0.2, -0.15) is 11.8 Å². The molecule has 0 radical (unpaired) electrons. The Labute approximate surface area is 184 Å². The van der Waals surface area contributed by atoms with Crippen LogP contribution >= 0.6 is 11.8 Å². The summed E-state index contributed by atoms with van der Waals surface area (Å²) in [6.07, 6.45) is 2.25. The van der Waals surface area contributed by atoms with E-state index in [4.69, 9.17) is 9.47 Å². The van der Waals surface area contributed by atoms with Crippen molar-refractivity contribution in [3.8, 4) is 11.5 Å². The predicted octanol–water partition coefficient (Wildman–Crippen LogP) is 2.55. The molecule has 30 heavy (non-hydrogen) atoms. The third-order valence-electron chi connectivity index (χ3n) is 5.16. The Morgan fingerprint density at radius 1 is 1.20 bits per heavy atom. The summed E-state index contributed by atoms with van der Waals surface area (Å²) in [6.45, 7) is 4.74. The van der Waals surface area contributed by atoms with Gasteiger partial charge in [0.05, 0.1) is 7.11 Å². The van der Waals surface area contributed by atoms with Gasteiger partial charge in [0, 0.05) is 62.5 Å². The molecule has 1 aromatic carbocycles. The van der Waals surface area contributed by atoms with E-state index in [1.54, 1.807) is 7.11 Å². The van der Waals surface area contributed by atoms with E-state index >= 15 is 0 Å². The first-order valence-corrected chi connectivity index (χ1v) is 11.7. The molecule has 1 N–H and O–H groups in total. The van der Waals surface area contributed by atoms with Crippen molar-refractivity contribution < 1.29 is 14.6 Å². The van der Waals surface area contributed by atoms with Crippen molar-refractivity contribution in [1.82, 2.24) is 14.8 Å². The Morgan fingerprint density at radius 3 is 2.77 bits per heavy atom. The number of methoxy groups -OCH3 is 1. The molecule has 0 amide bonds. The van der Waals surface area contributed by atoms with Crippen LogP contribution in [0.15, 0.2) is 42.6 Å². The van der Waals surface area contributed by atoms with Crippen LogP contribution in [-0.4, -0.2) is 84.4 Å². The number of hydrogen-bond donors (Lipinski definition) is 1. The minimum atomic E-state index is -0.504. The highest BCUT2D eigenvalue weighted by Gasteiger charge is 2.16. The molecule has 1 aliphatic rings. The number of hydrogen-bond acceptors (Lipinski definition) is 7. The summed E-state index contributed by atoms with van der Waals surface area (Å²) in [6, 6.07) is 12.0. The van der Waals surface area contributed by atoms with E-state index in [0.29, 0.717) is 18.0 Å². The molecule has 0 bridgehead atoms. The van der Waals surface area contributed by atoms with Crippen LogP contribution in [-0.2, 0) is 13.0 Å². The molecule has 1 aliphatic heterocycles. The van der Waals surface area contributed by atoms with Crippen molar-refractivity contribution >= 4 is 11.8 Å². The van der Waals surface area contributed by atoms with Crippen molar-refractivity contribution in [2.24, 2.45) is 0 Å². The molecule has 3 rings (SSSR count). The van der Waals surface area contributed by atoms with Crippen molar-refractivity contribution in [1.29, 1.82) is 0 Å². The number of nitrogens with zero attached hydrogens (tertiary/aromatic N) is 3. The molecule has 0 aliphatic carbocycles. The van der Waals surface area contributed by atoms with Crippen molar-refractivity contribution in [2.75, 3.05) is 58.4 Å². The molecule has 1 saturated heterocycles. The van der Waals surface area contributed by atoms with Gasteiger partial charge in [0.25, 0.3) is 0 Å².